The summed E-state index contributed by atoms with van der Waals surface area (Å²) in [6, 6.07) is 11.5. The number of anilines is 2. The number of rotatable bonds is 5. The third-order valence-electron chi connectivity index (χ3n) is 4.99. The second kappa shape index (κ2) is 8.64. The van der Waals surface area contributed by atoms with E-state index in [-0.39, 0.29) is 17.6 Å². The molecule has 0 radical (unpaired) electrons. The Hall–Kier alpha value is -2.89. The van der Waals surface area contributed by atoms with Gasteiger partial charge in [-0.05, 0) is 48.7 Å². The maximum Gasteiger partial charge on any atom is 0.253 e. The largest absolute Gasteiger partial charge is 0.371 e. The lowest BCUT2D eigenvalue weighted by Gasteiger charge is -2.23. The van der Waals surface area contributed by atoms with Crippen LogP contribution in [0.25, 0.3) is 0 Å². The van der Waals surface area contributed by atoms with Crippen molar-refractivity contribution in [1.29, 1.82) is 0 Å². The first-order valence-corrected chi connectivity index (χ1v) is 9.97. The number of amides is 2. The number of nitrogens with one attached hydrogen (secondary N) is 2. The van der Waals surface area contributed by atoms with Crippen LogP contribution in [0.2, 0.25) is 0 Å². The first-order chi connectivity index (χ1) is 13.7. The number of nitrogens with zero attached hydrogens (tertiary/aromatic N) is 1. The second-order valence-electron chi connectivity index (χ2n) is 8.44. The van der Waals surface area contributed by atoms with Gasteiger partial charge in [0.1, 0.15) is 5.82 Å². The highest BCUT2D eigenvalue weighted by molar-refractivity contribution is 6.02. The number of carbonyl (C=O) groups is 2. The molecule has 0 spiro atoms. The van der Waals surface area contributed by atoms with Crippen LogP contribution in [0.1, 0.15) is 49.5 Å². The fourth-order valence-corrected chi connectivity index (χ4v) is 3.23. The molecule has 2 amide bonds. The molecular formula is C23H28FN3O2. The zero-order valence-electron chi connectivity index (χ0n) is 17.2. The summed E-state index contributed by atoms with van der Waals surface area (Å²) in [6.07, 6.45) is 2.19. The lowest BCUT2D eigenvalue weighted by Crippen LogP contribution is -2.29. The van der Waals surface area contributed by atoms with Crippen LogP contribution in [-0.4, -0.2) is 24.9 Å². The molecule has 1 aliphatic rings. The van der Waals surface area contributed by atoms with Gasteiger partial charge >= 0.3 is 0 Å². The second-order valence-corrected chi connectivity index (χ2v) is 8.44. The molecule has 0 atom stereocenters. The summed E-state index contributed by atoms with van der Waals surface area (Å²) in [5.74, 6) is -0.633. The molecule has 1 aliphatic heterocycles. The van der Waals surface area contributed by atoms with Crippen molar-refractivity contribution in [1.82, 2.24) is 5.32 Å². The molecule has 154 valence electrons. The Balaban J connectivity index is 1.82. The van der Waals surface area contributed by atoms with Crippen molar-refractivity contribution in [3.05, 3.63) is 59.4 Å². The van der Waals surface area contributed by atoms with Gasteiger partial charge in [0.2, 0.25) is 5.91 Å². The predicted octanol–water partition coefficient (Wildman–Crippen LogP) is 4.34. The van der Waals surface area contributed by atoms with E-state index in [1.165, 1.54) is 12.1 Å². The van der Waals surface area contributed by atoms with Gasteiger partial charge < -0.3 is 15.5 Å². The van der Waals surface area contributed by atoms with Crippen molar-refractivity contribution >= 4 is 23.2 Å². The van der Waals surface area contributed by atoms with Gasteiger partial charge in [0.05, 0.1) is 5.56 Å². The molecule has 2 N–H and O–H groups in total. The number of halogens is 1. The Bertz CT molecular complexity index is 882. The van der Waals surface area contributed by atoms with E-state index in [0.29, 0.717) is 17.8 Å². The molecule has 1 fully saturated rings. The van der Waals surface area contributed by atoms with Crippen LogP contribution in [0.3, 0.4) is 0 Å². The quantitative estimate of drug-likeness (QED) is 0.789. The Kier molecular flexibility index (Phi) is 6.20. The highest BCUT2D eigenvalue weighted by atomic mass is 19.1. The normalized spacial score (nSPS) is 14.0. The molecule has 2 aromatic rings. The topological polar surface area (TPSA) is 61.4 Å². The summed E-state index contributed by atoms with van der Waals surface area (Å²) >= 11 is 0. The molecule has 0 bridgehead atoms. The molecule has 0 unspecified atom stereocenters. The molecule has 1 saturated heterocycles. The number of carbonyl (C=O) groups excluding carboxylic acids is 2. The van der Waals surface area contributed by atoms with E-state index in [1.807, 2.05) is 32.9 Å². The third kappa shape index (κ3) is 5.34. The van der Waals surface area contributed by atoms with Crippen LogP contribution >= 0.6 is 0 Å². The molecule has 0 saturated carbocycles. The van der Waals surface area contributed by atoms with Crippen LogP contribution in [0.15, 0.2) is 42.5 Å². The SMILES string of the molecule is CC(C)(C)C(=O)Nc1ccc(N2CCCC2)c(C(=O)NCc2ccc(F)cc2)c1. The summed E-state index contributed by atoms with van der Waals surface area (Å²) in [4.78, 5) is 27.5. The molecule has 6 heteroatoms. The first-order valence-electron chi connectivity index (χ1n) is 9.97. The monoisotopic (exact) mass is 397 g/mol. The molecule has 29 heavy (non-hydrogen) atoms. The van der Waals surface area contributed by atoms with Crippen molar-refractivity contribution in [2.24, 2.45) is 5.41 Å². The van der Waals surface area contributed by atoms with Crippen molar-refractivity contribution in [2.75, 3.05) is 23.3 Å². The summed E-state index contributed by atoms with van der Waals surface area (Å²) in [5.41, 5.74) is 2.28. The molecule has 3 rings (SSSR count). The average molecular weight is 397 g/mol. The standard InChI is InChI=1S/C23H28FN3O2/c1-23(2,3)22(29)26-18-10-11-20(27-12-4-5-13-27)19(14-18)21(28)25-15-16-6-8-17(24)9-7-16/h6-11,14H,4-5,12-13,15H2,1-3H3,(H,25,28)(H,26,29). The number of hydrogen-bond acceptors (Lipinski definition) is 3. The van der Waals surface area contributed by atoms with Crippen LogP contribution in [0.4, 0.5) is 15.8 Å². The Morgan fingerprint density at radius 2 is 1.69 bits per heavy atom. The highest BCUT2D eigenvalue weighted by Gasteiger charge is 2.23. The van der Waals surface area contributed by atoms with Crippen molar-refractivity contribution in [3.63, 3.8) is 0 Å². The van der Waals surface area contributed by atoms with Gasteiger partial charge in [-0.1, -0.05) is 32.9 Å². The molecule has 5 nitrogen and oxygen atoms in total. The Morgan fingerprint density at radius 1 is 1.03 bits per heavy atom. The van der Waals surface area contributed by atoms with Crippen molar-refractivity contribution in [3.8, 4) is 0 Å². The minimum absolute atomic E-state index is 0.107. The van der Waals surface area contributed by atoms with Crippen LogP contribution in [0.5, 0.6) is 0 Å². The number of benzene rings is 2. The van der Waals surface area contributed by atoms with E-state index in [4.69, 9.17) is 0 Å². The van der Waals surface area contributed by atoms with E-state index < -0.39 is 5.41 Å². The highest BCUT2D eigenvalue weighted by Crippen LogP contribution is 2.28. The smallest absolute Gasteiger partial charge is 0.253 e. The number of hydrogen-bond donors (Lipinski definition) is 2. The van der Waals surface area contributed by atoms with E-state index in [9.17, 15) is 14.0 Å². The Labute approximate surface area is 171 Å². The maximum absolute atomic E-state index is 13.1. The average Bonchev–Trinajstić information content (AvgIpc) is 3.21. The van der Waals surface area contributed by atoms with E-state index >= 15 is 0 Å². The van der Waals surface area contributed by atoms with Gasteiger partial charge in [-0.25, -0.2) is 4.39 Å². The fourth-order valence-electron chi connectivity index (χ4n) is 3.23. The lowest BCUT2D eigenvalue weighted by atomic mass is 9.95. The molecule has 0 aliphatic carbocycles. The zero-order valence-corrected chi connectivity index (χ0v) is 17.2. The van der Waals surface area contributed by atoms with Crippen molar-refractivity contribution < 1.29 is 14.0 Å². The summed E-state index contributed by atoms with van der Waals surface area (Å²) < 4.78 is 13.1. The predicted molar refractivity (Wildman–Crippen MR) is 114 cm³/mol. The van der Waals surface area contributed by atoms with Gasteiger partial charge in [0.15, 0.2) is 0 Å². The molecule has 2 aromatic carbocycles. The summed E-state index contributed by atoms with van der Waals surface area (Å²) in [5, 5.41) is 5.80. The van der Waals surface area contributed by atoms with Gasteiger partial charge in [0.25, 0.3) is 5.91 Å². The fraction of sp³-hybridized carbons (Fsp3) is 0.391. The lowest BCUT2D eigenvalue weighted by molar-refractivity contribution is -0.123. The van der Waals surface area contributed by atoms with E-state index in [1.54, 1.807) is 18.2 Å². The van der Waals surface area contributed by atoms with E-state index in [0.717, 1.165) is 37.2 Å². The maximum atomic E-state index is 13.1. The van der Waals surface area contributed by atoms with Gasteiger partial charge in [0, 0.05) is 36.4 Å². The van der Waals surface area contributed by atoms with Crippen LogP contribution in [-0.2, 0) is 11.3 Å². The van der Waals surface area contributed by atoms with Crippen LogP contribution < -0.4 is 15.5 Å². The van der Waals surface area contributed by atoms with Gasteiger partial charge in [-0.15, -0.1) is 0 Å². The molecule has 0 aromatic heterocycles. The molecular weight excluding hydrogens is 369 g/mol. The minimum Gasteiger partial charge on any atom is -0.371 e. The van der Waals surface area contributed by atoms with Gasteiger partial charge in [-0.2, -0.15) is 0 Å². The van der Waals surface area contributed by atoms with E-state index in [2.05, 4.69) is 15.5 Å². The molecule has 1 heterocycles. The van der Waals surface area contributed by atoms with Crippen molar-refractivity contribution in [2.45, 2.75) is 40.2 Å². The van der Waals surface area contributed by atoms with Gasteiger partial charge in [-0.3, -0.25) is 9.59 Å². The first kappa shape index (κ1) is 20.8. The summed E-state index contributed by atoms with van der Waals surface area (Å²) in [6.45, 7) is 7.65. The third-order valence-corrected chi connectivity index (χ3v) is 4.99. The summed E-state index contributed by atoms with van der Waals surface area (Å²) in [7, 11) is 0. The minimum atomic E-state index is -0.529. The Morgan fingerprint density at radius 3 is 2.31 bits per heavy atom. The van der Waals surface area contributed by atoms with Crippen LogP contribution in [0, 0.1) is 11.2 Å². The zero-order chi connectivity index (χ0) is 21.0.